The standard InChI is InChI=1S/C12H21N3O2S/c1-3-6-14-12-10-11(5-8-15-12)13-7-4-9-18(2,16)17/h5,8,10H,3-4,6-7,9H2,1-2H3,(H2,13,14,15). The van der Waals surface area contributed by atoms with Crippen molar-refractivity contribution in [3.05, 3.63) is 18.3 Å². The minimum absolute atomic E-state index is 0.214. The van der Waals surface area contributed by atoms with Crippen LogP contribution in [0.3, 0.4) is 0 Å². The SMILES string of the molecule is CCCNc1cc(NCCCS(C)(=O)=O)ccn1. The van der Waals surface area contributed by atoms with E-state index in [0.717, 1.165) is 24.5 Å². The van der Waals surface area contributed by atoms with Crippen LogP contribution in [0.25, 0.3) is 0 Å². The second kappa shape index (κ2) is 7.20. The van der Waals surface area contributed by atoms with E-state index in [-0.39, 0.29) is 5.75 Å². The van der Waals surface area contributed by atoms with Crippen LogP contribution in [0.2, 0.25) is 0 Å². The van der Waals surface area contributed by atoms with Gasteiger partial charge in [-0.3, -0.25) is 0 Å². The molecule has 0 atom stereocenters. The van der Waals surface area contributed by atoms with Crippen molar-refractivity contribution < 1.29 is 8.42 Å². The highest BCUT2D eigenvalue weighted by molar-refractivity contribution is 7.90. The average molecular weight is 271 g/mol. The Balaban J connectivity index is 2.38. The highest BCUT2D eigenvalue weighted by Gasteiger charge is 2.01. The molecule has 0 amide bonds. The van der Waals surface area contributed by atoms with Crippen LogP contribution in [0.4, 0.5) is 11.5 Å². The molecule has 6 heteroatoms. The van der Waals surface area contributed by atoms with Crippen molar-refractivity contribution in [3.8, 4) is 0 Å². The molecule has 0 spiro atoms. The molecule has 0 bridgehead atoms. The Morgan fingerprint density at radius 2 is 2.06 bits per heavy atom. The summed E-state index contributed by atoms with van der Waals surface area (Å²) in [5, 5.41) is 6.39. The van der Waals surface area contributed by atoms with Gasteiger partial charge in [0.25, 0.3) is 0 Å². The highest BCUT2D eigenvalue weighted by Crippen LogP contribution is 2.11. The first-order valence-electron chi connectivity index (χ1n) is 6.13. The molecule has 102 valence electrons. The van der Waals surface area contributed by atoms with E-state index >= 15 is 0 Å². The Kier molecular flexibility index (Phi) is 5.91. The first-order chi connectivity index (χ1) is 8.51. The maximum Gasteiger partial charge on any atom is 0.147 e. The van der Waals surface area contributed by atoms with Gasteiger partial charge in [-0.15, -0.1) is 0 Å². The molecule has 0 radical (unpaired) electrons. The fourth-order valence-electron chi connectivity index (χ4n) is 1.46. The molecule has 0 unspecified atom stereocenters. The second-order valence-corrected chi connectivity index (χ2v) is 6.53. The van der Waals surface area contributed by atoms with E-state index in [1.165, 1.54) is 6.26 Å². The minimum atomic E-state index is -2.86. The van der Waals surface area contributed by atoms with Gasteiger partial charge in [0.15, 0.2) is 0 Å². The Morgan fingerprint density at radius 3 is 2.72 bits per heavy atom. The van der Waals surface area contributed by atoms with E-state index in [0.29, 0.717) is 13.0 Å². The summed E-state index contributed by atoms with van der Waals surface area (Å²) in [5.41, 5.74) is 0.956. The zero-order valence-corrected chi connectivity index (χ0v) is 11.8. The van der Waals surface area contributed by atoms with Crippen LogP contribution in [0, 0.1) is 0 Å². The molecule has 0 aliphatic heterocycles. The number of aromatic nitrogens is 1. The number of hydrogen-bond donors (Lipinski definition) is 2. The van der Waals surface area contributed by atoms with Gasteiger partial charge in [-0.1, -0.05) is 6.92 Å². The average Bonchev–Trinajstić information content (AvgIpc) is 2.31. The van der Waals surface area contributed by atoms with Gasteiger partial charge in [0, 0.05) is 37.3 Å². The van der Waals surface area contributed by atoms with Crippen molar-refractivity contribution in [1.29, 1.82) is 0 Å². The van der Waals surface area contributed by atoms with Crippen molar-refractivity contribution in [1.82, 2.24) is 4.98 Å². The molecule has 0 aromatic carbocycles. The van der Waals surface area contributed by atoms with Gasteiger partial charge in [-0.05, 0) is 18.9 Å². The molecule has 18 heavy (non-hydrogen) atoms. The van der Waals surface area contributed by atoms with E-state index in [9.17, 15) is 8.42 Å². The van der Waals surface area contributed by atoms with Crippen molar-refractivity contribution in [2.24, 2.45) is 0 Å². The lowest BCUT2D eigenvalue weighted by atomic mass is 10.3. The number of rotatable bonds is 8. The van der Waals surface area contributed by atoms with Crippen LogP contribution in [0.5, 0.6) is 0 Å². The third-order valence-corrected chi connectivity index (χ3v) is 3.37. The third-order valence-electron chi connectivity index (χ3n) is 2.34. The van der Waals surface area contributed by atoms with Crippen molar-refractivity contribution in [3.63, 3.8) is 0 Å². The van der Waals surface area contributed by atoms with Crippen LogP contribution in [-0.2, 0) is 9.84 Å². The molecule has 0 aliphatic rings. The largest absolute Gasteiger partial charge is 0.385 e. The maximum absolute atomic E-state index is 11.0. The quantitative estimate of drug-likeness (QED) is 0.705. The number of sulfone groups is 1. The van der Waals surface area contributed by atoms with E-state index in [4.69, 9.17) is 0 Å². The predicted molar refractivity (Wildman–Crippen MR) is 75.8 cm³/mol. The molecule has 0 saturated heterocycles. The van der Waals surface area contributed by atoms with Crippen LogP contribution >= 0.6 is 0 Å². The number of pyridine rings is 1. The van der Waals surface area contributed by atoms with Crippen LogP contribution < -0.4 is 10.6 Å². The molecular weight excluding hydrogens is 250 g/mol. The monoisotopic (exact) mass is 271 g/mol. The summed E-state index contributed by atoms with van der Waals surface area (Å²) in [5.74, 6) is 1.05. The third kappa shape index (κ3) is 6.44. The Morgan fingerprint density at radius 1 is 1.28 bits per heavy atom. The summed E-state index contributed by atoms with van der Waals surface area (Å²) in [6.07, 6.45) is 4.65. The second-order valence-electron chi connectivity index (χ2n) is 4.27. The molecule has 0 saturated carbocycles. The number of anilines is 2. The lowest BCUT2D eigenvalue weighted by Crippen LogP contribution is -2.10. The molecular formula is C12H21N3O2S. The summed E-state index contributed by atoms with van der Waals surface area (Å²) in [6.45, 7) is 3.63. The lowest BCUT2D eigenvalue weighted by Gasteiger charge is -2.08. The fraction of sp³-hybridized carbons (Fsp3) is 0.583. The normalized spacial score (nSPS) is 11.2. The summed E-state index contributed by atoms with van der Waals surface area (Å²) >= 11 is 0. The molecule has 2 N–H and O–H groups in total. The highest BCUT2D eigenvalue weighted by atomic mass is 32.2. The zero-order chi connectivity index (χ0) is 13.4. The van der Waals surface area contributed by atoms with Crippen molar-refractivity contribution >= 4 is 21.3 Å². The van der Waals surface area contributed by atoms with Crippen LogP contribution in [0.15, 0.2) is 18.3 Å². The Bertz CT molecular complexity index is 460. The maximum atomic E-state index is 11.0. The van der Waals surface area contributed by atoms with E-state index < -0.39 is 9.84 Å². The minimum Gasteiger partial charge on any atom is -0.385 e. The summed E-state index contributed by atoms with van der Waals surface area (Å²) in [4.78, 5) is 4.20. The molecule has 5 nitrogen and oxygen atoms in total. The molecule has 1 rings (SSSR count). The van der Waals surface area contributed by atoms with E-state index in [1.807, 2.05) is 12.1 Å². The zero-order valence-electron chi connectivity index (χ0n) is 10.9. The van der Waals surface area contributed by atoms with Gasteiger partial charge in [0.05, 0.1) is 5.75 Å². The summed E-state index contributed by atoms with van der Waals surface area (Å²) < 4.78 is 21.9. The van der Waals surface area contributed by atoms with E-state index in [1.54, 1.807) is 6.20 Å². The lowest BCUT2D eigenvalue weighted by molar-refractivity contribution is 0.600. The molecule has 1 heterocycles. The summed E-state index contributed by atoms with van der Waals surface area (Å²) in [6, 6.07) is 3.80. The van der Waals surface area contributed by atoms with Gasteiger partial charge in [0.1, 0.15) is 15.7 Å². The number of nitrogens with zero attached hydrogens (tertiary/aromatic N) is 1. The topological polar surface area (TPSA) is 71.1 Å². The number of nitrogens with one attached hydrogen (secondary N) is 2. The molecule has 1 aromatic heterocycles. The van der Waals surface area contributed by atoms with Gasteiger partial charge in [-0.25, -0.2) is 13.4 Å². The first-order valence-corrected chi connectivity index (χ1v) is 8.19. The molecule has 0 fully saturated rings. The van der Waals surface area contributed by atoms with Crippen molar-refractivity contribution in [2.45, 2.75) is 19.8 Å². The van der Waals surface area contributed by atoms with E-state index in [2.05, 4.69) is 22.5 Å². The Hall–Kier alpha value is -1.30. The van der Waals surface area contributed by atoms with Gasteiger partial charge in [0.2, 0.25) is 0 Å². The van der Waals surface area contributed by atoms with Crippen LogP contribution in [0.1, 0.15) is 19.8 Å². The molecule has 0 aliphatic carbocycles. The van der Waals surface area contributed by atoms with Gasteiger partial charge in [-0.2, -0.15) is 0 Å². The molecule has 1 aromatic rings. The first kappa shape index (κ1) is 14.8. The van der Waals surface area contributed by atoms with Crippen LogP contribution in [-0.4, -0.2) is 38.5 Å². The fourth-order valence-corrected chi connectivity index (χ4v) is 2.13. The van der Waals surface area contributed by atoms with Crippen molar-refractivity contribution in [2.75, 3.05) is 35.7 Å². The number of hydrogen-bond acceptors (Lipinski definition) is 5. The predicted octanol–water partition coefficient (Wildman–Crippen LogP) is 1.75. The van der Waals surface area contributed by atoms with Gasteiger partial charge < -0.3 is 10.6 Å². The Labute approximate surface area is 109 Å². The smallest absolute Gasteiger partial charge is 0.147 e. The van der Waals surface area contributed by atoms with Gasteiger partial charge >= 0.3 is 0 Å². The summed E-state index contributed by atoms with van der Waals surface area (Å²) in [7, 11) is -2.86.